The first-order valence-electron chi connectivity index (χ1n) is 6.14. The van der Waals surface area contributed by atoms with E-state index >= 15 is 0 Å². The topological polar surface area (TPSA) is 3.24 Å². The molecule has 14 heavy (non-hydrogen) atoms. The highest BCUT2D eigenvalue weighted by atomic mass is 15.3. The summed E-state index contributed by atoms with van der Waals surface area (Å²) in [6, 6.07) is 0.858. The van der Waals surface area contributed by atoms with Crippen molar-refractivity contribution in [3.8, 4) is 0 Å². The lowest BCUT2D eigenvalue weighted by molar-refractivity contribution is -0.181. The molecule has 2 rings (SSSR count). The van der Waals surface area contributed by atoms with Crippen LogP contribution in [0.25, 0.3) is 0 Å². The Bertz CT molecular complexity index is 220. The van der Waals surface area contributed by atoms with Crippen molar-refractivity contribution in [3.63, 3.8) is 0 Å². The minimum Gasteiger partial charge on any atom is -0.294 e. The number of nitrogens with zero attached hydrogens (tertiary/aromatic N) is 1. The highest BCUT2D eigenvalue weighted by Crippen LogP contribution is 2.57. The number of hydrogen-bond donors (Lipinski definition) is 0. The Morgan fingerprint density at radius 3 is 2.07 bits per heavy atom. The first kappa shape index (κ1) is 10.5. The van der Waals surface area contributed by atoms with Crippen LogP contribution in [0.4, 0.5) is 0 Å². The van der Waals surface area contributed by atoms with Crippen molar-refractivity contribution in [3.05, 3.63) is 0 Å². The third-order valence-corrected chi connectivity index (χ3v) is 4.29. The summed E-state index contributed by atoms with van der Waals surface area (Å²) < 4.78 is 0. The van der Waals surface area contributed by atoms with Gasteiger partial charge in [-0.15, -0.1) is 0 Å². The van der Waals surface area contributed by atoms with Gasteiger partial charge in [-0.05, 0) is 44.9 Å². The van der Waals surface area contributed by atoms with E-state index in [1.54, 1.807) is 0 Å². The van der Waals surface area contributed by atoms with E-state index in [4.69, 9.17) is 0 Å². The lowest BCUT2D eigenvalue weighted by Gasteiger charge is -2.68. The van der Waals surface area contributed by atoms with E-state index in [1.807, 2.05) is 0 Å². The van der Waals surface area contributed by atoms with Crippen LogP contribution in [0, 0.1) is 11.3 Å². The molecule has 0 aromatic heterocycles. The second-order valence-electron chi connectivity index (χ2n) is 6.70. The van der Waals surface area contributed by atoms with Crippen LogP contribution in [0.5, 0.6) is 0 Å². The predicted molar refractivity (Wildman–Crippen MR) is 61.4 cm³/mol. The Morgan fingerprint density at radius 2 is 1.79 bits per heavy atom. The first-order chi connectivity index (χ1) is 6.37. The predicted octanol–water partition coefficient (Wildman–Crippen LogP) is 3.30. The number of rotatable bonds is 1. The van der Waals surface area contributed by atoms with Gasteiger partial charge in [-0.2, -0.15) is 0 Å². The van der Waals surface area contributed by atoms with Crippen LogP contribution >= 0.6 is 0 Å². The van der Waals surface area contributed by atoms with Crippen LogP contribution in [0.2, 0.25) is 0 Å². The Balaban J connectivity index is 2.10. The Kier molecular flexibility index (Phi) is 2.23. The van der Waals surface area contributed by atoms with Gasteiger partial charge in [-0.3, -0.25) is 4.90 Å². The fourth-order valence-electron chi connectivity index (χ4n) is 3.56. The molecule has 1 saturated carbocycles. The van der Waals surface area contributed by atoms with Gasteiger partial charge in [0, 0.05) is 18.1 Å². The van der Waals surface area contributed by atoms with Gasteiger partial charge in [0.2, 0.25) is 0 Å². The smallest absolute Gasteiger partial charge is 0.0192 e. The molecule has 0 aromatic carbocycles. The third-order valence-electron chi connectivity index (χ3n) is 4.29. The quantitative estimate of drug-likeness (QED) is 0.620. The van der Waals surface area contributed by atoms with Gasteiger partial charge in [0.1, 0.15) is 0 Å². The fourth-order valence-corrected chi connectivity index (χ4v) is 3.56. The highest BCUT2D eigenvalue weighted by molar-refractivity contribution is 5.12. The van der Waals surface area contributed by atoms with Crippen molar-refractivity contribution in [1.82, 2.24) is 4.90 Å². The van der Waals surface area contributed by atoms with Crippen LogP contribution in [0.15, 0.2) is 0 Å². The van der Waals surface area contributed by atoms with Gasteiger partial charge in [-0.1, -0.05) is 20.3 Å². The third kappa shape index (κ3) is 1.32. The number of hydrogen-bond acceptors (Lipinski definition) is 1. The molecule has 1 aliphatic carbocycles. The summed E-state index contributed by atoms with van der Waals surface area (Å²) in [5.41, 5.74) is 1.11. The van der Waals surface area contributed by atoms with Crippen molar-refractivity contribution >= 4 is 0 Å². The van der Waals surface area contributed by atoms with E-state index in [9.17, 15) is 0 Å². The lowest BCUT2D eigenvalue weighted by Crippen LogP contribution is -2.73. The number of likely N-dealkylation sites (tertiary alicyclic amines) is 1. The molecule has 0 N–H and O–H groups in total. The second kappa shape index (κ2) is 2.98. The van der Waals surface area contributed by atoms with E-state index in [0.717, 1.165) is 17.4 Å². The van der Waals surface area contributed by atoms with Gasteiger partial charge in [0.05, 0.1) is 0 Å². The van der Waals surface area contributed by atoms with Crippen molar-refractivity contribution < 1.29 is 0 Å². The molecule has 1 aliphatic heterocycles. The molecule has 1 nitrogen and oxygen atoms in total. The molecule has 82 valence electrons. The van der Waals surface area contributed by atoms with Gasteiger partial charge in [-0.25, -0.2) is 0 Å². The molecular weight excluding hydrogens is 170 g/mol. The molecule has 0 bridgehead atoms. The minimum absolute atomic E-state index is 0.371. The summed E-state index contributed by atoms with van der Waals surface area (Å²) in [6.45, 7) is 13.2. The molecule has 1 spiro atoms. The molecular formula is C13H25N. The molecule has 1 heterocycles. The summed E-state index contributed by atoms with van der Waals surface area (Å²) in [5.74, 6) is 0.822. The molecule has 2 aliphatic rings. The summed E-state index contributed by atoms with van der Waals surface area (Å²) in [6.07, 6.45) is 4.45. The van der Waals surface area contributed by atoms with Crippen LogP contribution in [0.3, 0.4) is 0 Å². The van der Waals surface area contributed by atoms with Gasteiger partial charge in [0.25, 0.3) is 0 Å². The minimum atomic E-state index is 0.371. The van der Waals surface area contributed by atoms with Crippen molar-refractivity contribution in [2.45, 2.75) is 65.5 Å². The molecule has 0 radical (unpaired) electrons. The van der Waals surface area contributed by atoms with Crippen LogP contribution in [-0.4, -0.2) is 23.0 Å². The van der Waals surface area contributed by atoms with Gasteiger partial charge < -0.3 is 0 Å². The fraction of sp³-hybridized carbons (Fsp3) is 1.00. The average molecular weight is 195 g/mol. The van der Waals surface area contributed by atoms with E-state index in [-0.39, 0.29) is 0 Å². The van der Waals surface area contributed by atoms with E-state index in [2.05, 4.69) is 39.5 Å². The van der Waals surface area contributed by atoms with Crippen LogP contribution in [0.1, 0.15) is 53.9 Å². The molecule has 1 saturated heterocycles. The SMILES string of the molecule is CC(C)C1N(C(C)(C)C)CC12CCC2. The van der Waals surface area contributed by atoms with Crippen molar-refractivity contribution in [2.24, 2.45) is 11.3 Å². The lowest BCUT2D eigenvalue weighted by atomic mass is 9.54. The largest absolute Gasteiger partial charge is 0.294 e. The van der Waals surface area contributed by atoms with Crippen molar-refractivity contribution in [2.75, 3.05) is 6.54 Å². The molecule has 0 aromatic rings. The van der Waals surface area contributed by atoms with Crippen LogP contribution in [-0.2, 0) is 0 Å². The molecule has 1 unspecified atom stereocenters. The zero-order valence-corrected chi connectivity index (χ0v) is 10.4. The van der Waals surface area contributed by atoms with Gasteiger partial charge in [0.15, 0.2) is 0 Å². The molecule has 0 amide bonds. The molecule has 1 atom stereocenters. The summed E-state index contributed by atoms with van der Waals surface area (Å²) in [4.78, 5) is 2.72. The summed E-state index contributed by atoms with van der Waals surface area (Å²) >= 11 is 0. The first-order valence-corrected chi connectivity index (χ1v) is 6.14. The zero-order valence-electron chi connectivity index (χ0n) is 10.4. The normalized spacial score (nSPS) is 31.7. The maximum atomic E-state index is 2.72. The van der Waals surface area contributed by atoms with E-state index < -0.39 is 0 Å². The Labute approximate surface area is 88.9 Å². The Hall–Kier alpha value is -0.0400. The summed E-state index contributed by atoms with van der Waals surface area (Å²) in [5, 5.41) is 0. The Morgan fingerprint density at radius 1 is 1.21 bits per heavy atom. The highest BCUT2D eigenvalue weighted by Gasteiger charge is 2.58. The van der Waals surface area contributed by atoms with Gasteiger partial charge >= 0.3 is 0 Å². The van der Waals surface area contributed by atoms with Crippen LogP contribution < -0.4 is 0 Å². The molecule has 1 heteroatoms. The van der Waals surface area contributed by atoms with Crippen molar-refractivity contribution in [1.29, 1.82) is 0 Å². The van der Waals surface area contributed by atoms with E-state index in [1.165, 1.54) is 25.8 Å². The maximum absolute atomic E-state index is 2.72. The molecule has 2 fully saturated rings. The average Bonchev–Trinajstić information content (AvgIpc) is 1.74. The summed E-state index contributed by atoms with van der Waals surface area (Å²) in [7, 11) is 0. The second-order valence-corrected chi connectivity index (χ2v) is 6.70. The standard InChI is InChI=1S/C13H25N/c1-10(2)11-13(7-6-8-13)9-14(11)12(3,4)5/h10-11H,6-9H2,1-5H3. The zero-order chi connectivity index (χ0) is 10.6. The monoisotopic (exact) mass is 195 g/mol. The maximum Gasteiger partial charge on any atom is 0.0192 e. The van der Waals surface area contributed by atoms with E-state index in [0.29, 0.717) is 5.54 Å².